The fourth-order valence-corrected chi connectivity index (χ4v) is 5.54. The fourth-order valence-electron chi connectivity index (χ4n) is 5.54. The van der Waals surface area contributed by atoms with E-state index in [2.05, 4.69) is 20.3 Å². The average Bonchev–Trinajstić information content (AvgIpc) is 3.37. The largest absolute Gasteiger partial charge is 0.437 e. The van der Waals surface area contributed by atoms with Crippen molar-refractivity contribution < 1.29 is 9.53 Å². The van der Waals surface area contributed by atoms with Gasteiger partial charge in [0.15, 0.2) is 0 Å². The van der Waals surface area contributed by atoms with E-state index in [4.69, 9.17) is 10.5 Å². The van der Waals surface area contributed by atoms with E-state index in [1.165, 1.54) is 25.7 Å². The summed E-state index contributed by atoms with van der Waals surface area (Å²) in [4.78, 5) is 25.9. The van der Waals surface area contributed by atoms with E-state index in [-0.39, 0.29) is 23.2 Å². The molecule has 35 heavy (non-hydrogen) atoms. The van der Waals surface area contributed by atoms with Gasteiger partial charge < -0.3 is 15.8 Å². The first-order chi connectivity index (χ1) is 17.0. The van der Waals surface area contributed by atoms with Crippen LogP contribution in [0.25, 0.3) is 22.0 Å². The lowest BCUT2D eigenvalue weighted by molar-refractivity contribution is -0.118. The van der Waals surface area contributed by atoms with Crippen molar-refractivity contribution in [2.24, 2.45) is 11.3 Å². The van der Waals surface area contributed by atoms with Crippen LogP contribution < -0.4 is 15.8 Å². The minimum atomic E-state index is 0.135. The maximum atomic E-state index is 13.1. The molecule has 0 unspecified atom stereocenters. The predicted octanol–water partition coefficient (Wildman–Crippen LogP) is 5.89. The van der Waals surface area contributed by atoms with Crippen LogP contribution in [0.3, 0.4) is 0 Å². The Morgan fingerprint density at radius 3 is 2.71 bits per heavy atom. The zero-order valence-electron chi connectivity index (χ0n) is 19.6. The summed E-state index contributed by atoms with van der Waals surface area (Å²) in [5.41, 5.74) is 9.19. The summed E-state index contributed by atoms with van der Waals surface area (Å²) in [6.45, 7) is 2.00. The van der Waals surface area contributed by atoms with Gasteiger partial charge in [-0.15, -0.1) is 0 Å². The quantitative estimate of drug-likeness (QED) is 0.381. The van der Waals surface area contributed by atoms with Gasteiger partial charge in [0.25, 0.3) is 0 Å². The topological polar surface area (TPSA) is 103 Å². The van der Waals surface area contributed by atoms with Gasteiger partial charge in [-0.1, -0.05) is 37.1 Å². The number of hydrogen-bond donors (Lipinski definition) is 2. The van der Waals surface area contributed by atoms with Gasteiger partial charge in [-0.2, -0.15) is 0 Å². The summed E-state index contributed by atoms with van der Waals surface area (Å²) in [6.07, 6.45) is 9.17. The van der Waals surface area contributed by atoms with Crippen LogP contribution >= 0.6 is 0 Å². The molecule has 4 aromatic rings. The number of aryl methyl sites for hydroxylation is 1. The van der Waals surface area contributed by atoms with Crippen molar-refractivity contribution in [2.75, 3.05) is 11.1 Å². The number of fused-ring (bicyclic) bond motifs is 1. The van der Waals surface area contributed by atoms with Crippen LogP contribution in [0.4, 0.5) is 11.6 Å². The van der Waals surface area contributed by atoms with E-state index in [9.17, 15) is 4.79 Å². The molecule has 2 saturated carbocycles. The molecule has 7 nitrogen and oxygen atoms in total. The van der Waals surface area contributed by atoms with Crippen molar-refractivity contribution in [2.45, 2.75) is 39.0 Å². The first-order valence-electron chi connectivity index (χ1n) is 12.1. The second-order valence-corrected chi connectivity index (χ2v) is 9.69. The lowest BCUT2D eigenvalue weighted by atomic mass is 10.0. The van der Waals surface area contributed by atoms with Gasteiger partial charge in [-0.25, -0.2) is 15.0 Å². The number of pyridine rings is 1. The Balaban J connectivity index is 1.34. The molecule has 1 amide bonds. The van der Waals surface area contributed by atoms with Gasteiger partial charge in [0.2, 0.25) is 17.7 Å². The first kappa shape index (κ1) is 21.5. The number of benzene rings is 2. The molecule has 7 heteroatoms. The molecule has 2 aliphatic carbocycles. The molecular weight excluding hydrogens is 438 g/mol. The highest BCUT2D eigenvalue weighted by Crippen LogP contribution is 2.63. The highest BCUT2D eigenvalue weighted by atomic mass is 16.5. The molecule has 1 spiro atoms. The Labute approximate surface area is 203 Å². The van der Waals surface area contributed by atoms with Crippen molar-refractivity contribution in [1.82, 2.24) is 15.0 Å². The Bertz CT molecular complexity index is 1440. The van der Waals surface area contributed by atoms with Crippen LogP contribution in [0.2, 0.25) is 0 Å². The second-order valence-electron chi connectivity index (χ2n) is 9.69. The molecular formula is C28H27N5O2. The van der Waals surface area contributed by atoms with E-state index >= 15 is 0 Å². The Hall–Kier alpha value is -4.00. The number of ether oxygens (including phenoxy) is 1. The standard InChI is InChI=1S/C28H27N5O2/c1-17-9-10-18-19(6-4-8-22(18)32-25(34)21-16-28(21)12-2-3-13-28)24(17)35-26-20(7-5-14-30-26)23-11-15-31-27(29)33-23/h4-11,14-15,21H,2-3,12-13,16H2,1H3,(H,32,34)(H2,29,31,33)/t21-/m1/s1. The summed E-state index contributed by atoms with van der Waals surface area (Å²) in [7, 11) is 0. The van der Waals surface area contributed by atoms with Crippen LogP contribution in [0, 0.1) is 18.3 Å². The minimum absolute atomic E-state index is 0.135. The number of rotatable bonds is 5. The number of carbonyl (C=O) groups is 1. The van der Waals surface area contributed by atoms with Gasteiger partial charge in [0.1, 0.15) is 5.75 Å². The van der Waals surface area contributed by atoms with Crippen LogP contribution in [-0.4, -0.2) is 20.9 Å². The number of amides is 1. The van der Waals surface area contributed by atoms with Crippen molar-refractivity contribution in [3.8, 4) is 22.9 Å². The zero-order chi connectivity index (χ0) is 24.0. The maximum Gasteiger partial charge on any atom is 0.228 e. The van der Waals surface area contributed by atoms with E-state index in [1.54, 1.807) is 18.5 Å². The fraction of sp³-hybridized carbons (Fsp3) is 0.286. The molecule has 0 aliphatic heterocycles. The molecule has 2 aliphatic rings. The molecule has 2 aromatic carbocycles. The van der Waals surface area contributed by atoms with Gasteiger partial charge in [-0.3, -0.25) is 4.79 Å². The lowest BCUT2D eigenvalue weighted by Gasteiger charge is -2.16. The second kappa shape index (κ2) is 8.34. The van der Waals surface area contributed by atoms with Gasteiger partial charge in [-0.05, 0) is 61.4 Å². The molecule has 1 atom stereocenters. The number of anilines is 2. The number of nitrogens with one attached hydrogen (secondary N) is 1. The van der Waals surface area contributed by atoms with E-state index in [0.29, 0.717) is 17.3 Å². The van der Waals surface area contributed by atoms with Crippen LogP contribution in [0.5, 0.6) is 11.6 Å². The van der Waals surface area contributed by atoms with Gasteiger partial charge in [0, 0.05) is 34.8 Å². The Morgan fingerprint density at radius 2 is 1.89 bits per heavy atom. The Kier molecular flexibility index (Phi) is 5.13. The summed E-state index contributed by atoms with van der Waals surface area (Å²) < 4.78 is 6.42. The van der Waals surface area contributed by atoms with Crippen molar-refractivity contribution in [3.05, 3.63) is 66.5 Å². The first-order valence-corrected chi connectivity index (χ1v) is 12.1. The third kappa shape index (κ3) is 3.87. The number of nitrogens with zero attached hydrogens (tertiary/aromatic N) is 3. The van der Waals surface area contributed by atoms with Crippen LogP contribution in [-0.2, 0) is 4.79 Å². The summed E-state index contributed by atoms with van der Waals surface area (Å²) in [5, 5.41) is 5.06. The van der Waals surface area contributed by atoms with Gasteiger partial charge >= 0.3 is 0 Å². The number of carbonyl (C=O) groups excluding carboxylic acids is 1. The lowest BCUT2D eigenvalue weighted by Crippen LogP contribution is -2.17. The van der Waals surface area contributed by atoms with E-state index in [0.717, 1.165) is 34.0 Å². The number of aromatic nitrogens is 3. The molecule has 2 heterocycles. The molecule has 0 saturated heterocycles. The summed E-state index contributed by atoms with van der Waals surface area (Å²) in [6, 6.07) is 15.5. The maximum absolute atomic E-state index is 13.1. The number of nitrogens with two attached hydrogens (primary N) is 1. The zero-order valence-corrected chi connectivity index (χ0v) is 19.6. The highest BCUT2D eigenvalue weighted by molar-refractivity contribution is 6.05. The molecule has 2 fully saturated rings. The molecule has 0 bridgehead atoms. The van der Waals surface area contributed by atoms with E-state index in [1.807, 2.05) is 49.4 Å². The highest BCUT2D eigenvalue weighted by Gasteiger charge is 2.58. The van der Waals surface area contributed by atoms with Crippen LogP contribution in [0.15, 0.2) is 60.9 Å². The third-order valence-corrected chi connectivity index (χ3v) is 7.49. The summed E-state index contributed by atoms with van der Waals surface area (Å²) in [5.74, 6) is 1.58. The molecule has 3 N–H and O–H groups in total. The smallest absolute Gasteiger partial charge is 0.228 e. The van der Waals surface area contributed by atoms with Crippen molar-refractivity contribution in [3.63, 3.8) is 0 Å². The SMILES string of the molecule is Cc1ccc2c(NC(=O)[C@H]3CC34CCCC4)cccc2c1Oc1ncccc1-c1ccnc(N)n1. The molecule has 0 radical (unpaired) electrons. The molecule has 176 valence electrons. The predicted molar refractivity (Wildman–Crippen MR) is 136 cm³/mol. The minimum Gasteiger partial charge on any atom is -0.437 e. The van der Waals surface area contributed by atoms with Crippen molar-refractivity contribution in [1.29, 1.82) is 0 Å². The molecule has 2 aromatic heterocycles. The van der Waals surface area contributed by atoms with Crippen LogP contribution in [0.1, 0.15) is 37.7 Å². The average molecular weight is 466 g/mol. The van der Waals surface area contributed by atoms with Gasteiger partial charge in [0.05, 0.1) is 11.3 Å². The number of nitrogen functional groups attached to an aromatic ring is 1. The third-order valence-electron chi connectivity index (χ3n) is 7.49. The summed E-state index contributed by atoms with van der Waals surface area (Å²) >= 11 is 0. The Morgan fingerprint density at radius 1 is 1.03 bits per heavy atom. The normalized spacial score (nSPS) is 18.0. The number of hydrogen-bond acceptors (Lipinski definition) is 6. The molecule has 6 rings (SSSR count). The van der Waals surface area contributed by atoms with Crippen molar-refractivity contribution >= 4 is 28.3 Å². The monoisotopic (exact) mass is 465 g/mol. The van der Waals surface area contributed by atoms with E-state index < -0.39 is 0 Å².